The minimum absolute atomic E-state index is 0. The summed E-state index contributed by atoms with van der Waals surface area (Å²) in [6, 6.07) is 0. The van der Waals surface area contributed by atoms with E-state index in [9.17, 15) is 0 Å². The Hall–Kier alpha value is -0.780. The van der Waals surface area contributed by atoms with E-state index in [1.165, 1.54) is 16.7 Å². The van der Waals surface area contributed by atoms with Gasteiger partial charge in [0, 0.05) is 0 Å². The molecule has 0 amide bonds. The molecule has 0 radical (unpaired) electrons. The lowest BCUT2D eigenvalue weighted by Crippen LogP contribution is -1.76. The van der Waals surface area contributed by atoms with Crippen molar-refractivity contribution in [2.24, 2.45) is 0 Å². The molecule has 0 aromatic heterocycles. The molecule has 0 aliphatic carbocycles. The summed E-state index contributed by atoms with van der Waals surface area (Å²) in [5.74, 6) is 0. The standard InChI is InChI=1S/C10H16.3CH4/c1-6-9(4)10(5)7-8(2)3;;;/h6-7H,1H2,2-5H3;3*1H4/b10-9-;;;. The molecule has 13 heavy (non-hydrogen) atoms. The van der Waals surface area contributed by atoms with Crippen LogP contribution in [0.25, 0.3) is 0 Å². The van der Waals surface area contributed by atoms with Gasteiger partial charge in [0.15, 0.2) is 0 Å². The number of hydrogen-bond acceptors (Lipinski definition) is 0. The summed E-state index contributed by atoms with van der Waals surface area (Å²) < 4.78 is 0. The molecule has 0 heterocycles. The second kappa shape index (κ2) is 11.2. The zero-order valence-corrected chi connectivity index (χ0v) is 7.36. The smallest absolute Gasteiger partial charge is 0.0395 e. The van der Waals surface area contributed by atoms with E-state index < -0.39 is 0 Å². The van der Waals surface area contributed by atoms with Crippen molar-refractivity contribution in [1.29, 1.82) is 0 Å². The second-order valence-corrected chi connectivity index (χ2v) is 2.79. The van der Waals surface area contributed by atoms with E-state index in [1.807, 2.05) is 6.08 Å². The first kappa shape index (κ1) is 22.8. The number of rotatable bonds is 2. The summed E-state index contributed by atoms with van der Waals surface area (Å²) in [6.45, 7) is 12.1. The summed E-state index contributed by atoms with van der Waals surface area (Å²) in [5.41, 5.74) is 3.88. The molecule has 0 atom stereocenters. The van der Waals surface area contributed by atoms with Gasteiger partial charge in [-0.1, -0.05) is 46.6 Å². The number of hydrogen-bond donors (Lipinski definition) is 0. The third-order valence-corrected chi connectivity index (χ3v) is 1.43. The molecule has 0 heteroatoms. The summed E-state index contributed by atoms with van der Waals surface area (Å²) in [7, 11) is 0. The Morgan fingerprint density at radius 3 is 1.46 bits per heavy atom. The molecule has 0 fully saturated rings. The highest BCUT2D eigenvalue weighted by Gasteiger charge is 1.86. The van der Waals surface area contributed by atoms with Gasteiger partial charge < -0.3 is 0 Å². The van der Waals surface area contributed by atoms with E-state index in [0.29, 0.717) is 0 Å². The Morgan fingerprint density at radius 1 is 0.846 bits per heavy atom. The van der Waals surface area contributed by atoms with Crippen LogP contribution in [0.15, 0.2) is 35.5 Å². The molecule has 80 valence electrons. The molecular formula is C13H28. The van der Waals surface area contributed by atoms with Gasteiger partial charge in [-0.25, -0.2) is 0 Å². The van der Waals surface area contributed by atoms with Gasteiger partial charge in [0.1, 0.15) is 0 Å². The van der Waals surface area contributed by atoms with E-state index in [-0.39, 0.29) is 22.3 Å². The largest absolute Gasteiger partial charge is 0.0988 e. The molecule has 0 N–H and O–H groups in total. The van der Waals surface area contributed by atoms with Gasteiger partial charge in [-0.15, -0.1) is 0 Å². The molecule has 0 aromatic rings. The van der Waals surface area contributed by atoms with Gasteiger partial charge in [-0.3, -0.25) is 0 Å². The van der Waals surface area contributed by atoms with Crippen LogP contribution in [-0.2, 0) is 0 Å². The normalized spacial score (nSPS) is 9.23. The second-order valence-electron chi connectivity index (χ2n) is 2.79. The Labute approximate surface area is 86.1 Å². The molecular weight excluding hydrogens is 156 g/mol. The quantitative estimate of drug-likeness (QED) is 0.505. The Kier molecular flexibility index (Phi) is 19.7. The van der Waals surface area contributed by atoms with Crippen molar-refractivity contribution in [3.8, 4) is 0 Å². The maximum atomic E-state index is 3.70. The zero-order chi connectivity index (χ0) is 8.15. The minimum atomic E-state index is 0. The van der Waals surface area contributed by atoms with Gasteiger partial charge in [0.25, 0.3) is 0 Å². The molecule has 0 aliphatic rings. The first-order valence-corrected chi connectivity index (χ1v) is 3.52. The van der Waals surface area contributed by atoms with Gasteiger partial charge >= 0.3 is 0 Å². The van der Waals surface area contributed by atoms with Crippen molar-refractivity contribution in [3.05, 3.63) is 35.5 Å². The first-order valence-electron chi connectivity index (χ1n) is 3.52. The fourth-order valence-corrected chi connectivity index (χ4v) is 0.708. The molecule has 0 aromatic carbocycles. The maximum Gasteiger partial charge on any atom is -0.0395 e. The van der Waals surface area contributed by atoms with Crippen molar-refractivity contribution < 1.29 is 0 Å². The fourth-order valence-electron chi connectivity index (χ4n) is 0.708. The first-order chi connectivity index (χ1) is 4.57. The molecule has 0 saturated carbocycles. The van der Waals surface area contributed by atoms with Crippen molar-refractivity contribution in [3.63, 3.8) is 0 Å². The van der Waals surface area contributed by atoms with Gasteiger partial charge in [0.2, 0.25) is 0 Å². The van der Waals surface area contributed by atoms with Crippen LogP contribution in [0.2, 0.25) is 0 Å². The van der Waals surface area contributed by atoms with Crippen LogP contribution in [0.4, 0.5) is 0 Å². The lowest BCUT2D eigenvalue weighted by molar-refractivity contribution is 1.31. The summed E-state index contributed by atoms with van der Waals surface area (Å²) in [6.07, 6.45) is 4.05. The fraction of sp³-hybridized carbons (Fsp3) is 0.538. The predicted molar refractivity (Wildman–Crippen MR) is 68.2 cm³/mol. The lowest BCUT2D eigenvalue weighted by atomic mass is 10.1. The molecule has 0 bridgehead atoms. The highest BCUT2D eigenvalue weighted by atomic mass is 13.9. The number of allylic oxidation sites excluding steroid dienone is 5. The molecule has 0 rings (SSSR count). The predicted octanol–water partition coefficient (Wildman–Crippen LogP) is 5.38. The zero-order valence-electron chi connectivity index (χ0n) is 7.36. The highest BCUT2D eigenvalue weighted by molar-refractivity contribution is 5.30. The minimum Gasteiger partial charge on any atom is -0.0988 e. The summed E-state index contributed by atoms with van der Waals surface area (Å²) in [4.78, 5) is 0. The van der Waals surface area contributed by atoms with Crippen molar-refractivity contribution in [2.75, 3.05) is 0 Å². The maximum absolute atomic E-state index is 3.70. The molecule has 0 spiro atoms. The summed E-state index contributed by atoms with van der Waals surface area (Å²) >= 11 is 0. The van der Waals surface area contributed by atoms with Crippen molar-refractivity contribution >= 4 is 0 Å². The average molecular weight is 184 g/mol. The Bertz CT molecular complexity index is 176. The van der Waals surface area contributed by atoms with Gasteiger partial charge in [-0.05, 0) is 38.8 Å². The molecule has 0 unspecified atom stereocenters. The summed E-state index contributed by atoms with van der Waals surface area (Å²) in [5, 5.41) is 0. The Morgan fingerprint density at radius 2 is 1.23 bits per heavy atom. The Balaban J connectivity index is -0.000000135. The monoisotopic (exact) mass is 184 g/mol. The van der Waals surface area contributed by atoms with Crippen LogP contribution in [0.1, 0.15) is 50.0 Å². The van der Waals surface area contributed by atoms with Crippen LogP contribution in [-0.4, -0.2) is 0 Å². The van der Waals surface area contributed by atoms with E-state index in [0.717, 1.165) is 0 Å². The third kappa shape index (κ3) is 11.2. The van der Waals surface area contributed by atoms with Gasteiger partial charge in [0.05, 0.1) is 0 Å². The molecule has 0 saturated heterocycles. The van der Waals surface area contributed by atoms with Crippen LogP contribution in [0.3, 0.4) is 0 Å². The van der Waals surface area contributed by atoms with E-state index in [2.05, 4.69) is 40.3 Å². The van der Waals surface area contributed by atoms with Crippen molar-refractivity contribution in [1.82, 2.24) is 0 Å². The van der Waals surface area contributed by atoms with E-state index >= 15 is 0 Å². The van der Waals surface area contributed by atoms with Crippen LogP contribution in [0, 0.1) is 0 Å². The van der Waals surface area contributed by atoms with Crippen LogP contribution < -0.4 is 0 Å². The SMILES string of the molecule is C.C.C.C=C/C(C)=C(/C)C=C(C)C. The lowest BCUT2D eigenvalue weighted by Gasteiger charge is -1.96. The van der Waals surface area contributed by atoms with Gasteiger partial charge in [-0.2, -0.15) is 0 Å². The average Bonchev–Trinajstić information content (AvgIpc) is 1.85. The van der Waals surface area contributed by atoms with Crippen LogP contribution in [0.5, 0.6) is 0 Å². The van der Waals surface area contributed by atoms with E-state index in [1.54, 1.807) is 0 Å². The van der Waals surface area contributed by atoms with Crippen molar-refractivity contribution in [2.45, 2.75) is 50.0 Å². The third-order valence-electron chi connectivity index (χ3n) is 1.43. The topological polar surface area (TPSA) is 0 Å². The highest BCUT2D eigenvalue weighted by Crippen LogP contribution is 2.07. The van der Waals surface area contributed by atoms with E-state index in [4.69, 9.17) is 0 Å². The molecule has 0 aliphatic heterocycles. The van der Waals surface area contributed by atoms with Crippen LogP contribution >= 0.6 is 0 Å². The molecule has 0 nitrogen and oxygen atoms in total.